The molecule has 102 valence electrons. The van der Waals surface area contributed by atoms with Gasteiger partial charge in [-0.1, -0.05) is 0 Å². The first kappa shape index (κ1) is 12.4. The molecule has 0 radical (unpaired) electrons. The summed E-state index contributed by atoms with van der Waals surface area (Å²) in [7, 11) is 0. The van der Waals surface area contributed by atoms with Crippen LogP contribution in [0.3, 0.4) is 0 Å². The Morgan fingerprint density at radius 1 is 1.00 bits per heavy atom. The van der Waals surface area contributed by atoms with Gasteiger partial charge in [0.2, 0.25) is 0 Å². The fraction of sp³-hybridized carbons (Fsp3) is 0.0714. The molecule has 2 aromatic carbocycles. The molecule has 0 aliphatic heterocycles. The Labute approximate surface area is 112 Å². The van der Waals surface area contributed by atoms with E-state index in [2.05, 4.69) is 15.3 Å². The van der Waals surface area contributed by atoms with Gasteiger partial charge in [0.05, 0.1) is 11.0 Å². The molecule has 0 spiro atoms. The highest BCUT2D eigenvalue weighted by molar-refractivity contribution is 5.78. The summed E-state index contributed by atoms with van der Waals surface area (Å²) in [6.45, 7) is 0.157. The van der Waals surface area contributed by atoms with Crippen LogP contribution in [0.4, 0.5) is 14.5 Å². The van der Waals surface area contributed by atoms with E-state index in [0.717, 1.165) is 18.2 Å². The largest absolute Gasteiger partial charge is 0.381 e. The average molecular weight is 275 g/mol. The SMILES string of the molecule is O=c1[nH]c2ccc(NCc3cc(F)ccc3F)cc2[nH]1. The lowest BCUT2D eigenvalue weighted by Crippen LogP contribution is -2.02. The van der Waals surface area contributed by atoms with Gasteiger partial charge < -0.3 is 15.3 Å². The van der Waals surface area contributed by atoms with Gasteiger partial charge in [0.1, 0.15) is 11.6 Å². The maximum atomic E-state index is 13.5. The van der Waals surface area contributed by atoms with Crippen molar-refractivity contribution in [3.8, 4) is 0 Å². The number of nitrogens with one attached hydrogen (secondary N) is 3. The summed E-state index contributed by atoms with van der Waals surface area (Å²) in [6.07, 6.45) is 0. The predicted molar refractivity (Wildman–Crippen MR) is 72.6 cm³/mol. The summed E-state index contributed by atoms with van der Waals surface area (Å²) in [5, 5.41) is 2.99. The second-order valence-electron chi connectivity index (χ2n) is 4.43. The van der Waals surface area contributed by atoms with Gasteiger partial charge in [-0.05, 0) is 36.4 Å². The van der Waals surface area contributed by atoms with Gasteiger partial charge in [0.15, 0.2) is 0 Å². The normalized spacial score (nSPS) is 10.9. The third-order valence-corrected chi connectivity index (χ3v) is 3.01. The van der Waals surface area contributed by atoms with Gasteiger partial charge in [0, 0.05) is 17.8 Å². The monoisotopic (exact) mass is 275 g/mol. The van der Waals surface area contributed by atoms with E-state index in [1.807, 2.05) is 0 Å². The lowest BCUT2D eigenvalue weighted by Gasteiger charge is -2.07. The lowest BCUT2D eigenvalue weighted by atomic mass is 10.2. The van der Waals surface area contributed by atoms with Crippen molar-refractivity contribution in [2.75, 3.05) is 5.32 Å². The first-order valence-electron chi connectivity index (χ1n) is 6.02. The van der Waals surface area contributed by atoms with Gasteiger partial charge in [-0.2, -0.15) is 0 Å². The lowest BCUT2D eigenvalue weighted by molar-refractivity contribution is 0.587. The van der Waals surface area contributed by atoms with E-state index in [1.54, 1.807) is 18.2 Å². The Morgan fingerprint density at radius 2 is 1.80 bits per heavy atom. The van der Waals surface area contributed by atoms with Crippen LogP contribution in [-0.2, 0) is 6.54 Å². The van der Waals surface area contributed by atoms with Crippen LogP contribution in [0, 0.1) is 11.6 Å². The standard InChI is InChI=1S/C14H11F2N3O/c15-9-1-3-11(16)8(5-9)7-17-10-2-4-12-13(6-10)19-14(20)18-12/h1-6,17H,7H2,(H2,18,19,20). The number of aromatic amines is 2. The molecule has 0 atom stereocenters. The van der Waals surface area contributed by atoms with E-state index < -0.39 is 11.6 Å². The van der Waals surface area contributed by atoms with E-state index in [4.69, 9.17) is 0 Å². The number of hydrogen-bond donors (Lipinski definition) is 3. The minimum atomic E-state index is -0.478. The molecule has 0 aliphatic rings. The number of hydrogen-bond acceptors (Lipinski definition) is 2. The number of fused-ring (bicyclic) bond motifs is 1. The average Bonchev–Trinajstić information content (AvgIpc) is 2.79. The Kier molecular flexibility index (Phi) is 2.98. The number of imidazole rings is 1. The van der Waals surface area contributed by atoms with Crippen LogP contribution in [0.15, 0.2) is 41.2 Å². The van der Waals surface area contributed by atoms with Gasteiger partial charge in [-0.15, -0.1) is 0 Å². The van der Waals surface area contributed by atoms with Crippen molar-refractivity contribution in [2.45, 2.75) is 6.54 Å². The second-order valence-corrected chi connectivity index (χ2v) is 4.43. The summed E-state index contributed by atoms with van der Waals surface area (Å²) < 4.78 is 26.5. The molecule has 1 heterocycles. The molecule has 0 bridgehead atoms. The highest BCUT2D eigenvalue weighted by Crippen LogP contribution is 2.17. The molecule has 6 heteroatoms. The quantitative estimate of drug-likeness (QED) is 0.688. The Bertz CT molecular complexity index is 823. The molecule has 3 rings (SSSR count). The molecule has 20 heavy (non-hydrogen) atoms. The minimum absolute atomic E-state index is 0.157. The maximum absolute atomic E-state index is 13.5. The van der Waals surface area contributed by atoms with Crippen molar-refractivity contribution in [1.29, 1.82) is 0 Å². The molecular formula is C14H11F2N3O. The zero-order chi connectivity index (χ0) is 14.1. The molecule has 3 N–H and O–H groups in total. The van der Waals surface area contributed by atoms with E-state index in [-0.39, 0.29) is 17.8 Å². The number of benzene rings is 2. The summed E-state index contributed by atoms with van der Waals surface area (Å²) in [5.41, 5.74) is 2.01. The molecule has 1 aromatic heterocycles. The minimum Gasteiger partial charge on any atom is -0.381 e. The van der Waals surface area contributed by atoms with Crippen molar-refractivity contribution in [2.24, 2.45) is 0 Å². The van der Waals surface area contributed by atoms with Gasteiger partial charge >= 0.3 is 5.69 Å². The van der Waals surface area contributed by atoms with E-state index in [1.165, 1.54) is 0 Å². The van der Waals surface area contributed by atoms with Gasteiger partial charge in [-0.3, -0.25) is 0 Å². The number of anilines is 1. The van der Waals surface area contributed by atoms with Crippen molar-refractivity contribution in [3.63, 3.8) is 0 Å². The highest BCUT2D eigenvalue weighted by Gasteiger charge is 2.04. The predicted octanol–water partition coefficient (Wildman–Crippen LogP) is 2.75. The Balaban J connectivity index is 1.82. The van der Waals surface area contributed by atoms with Crippen molar-refractivity contribution < 1.29 is 8.78 Å². The number of aromatic nitrogens is 2. The zero-order valence-corrected chi connectivity index (χ0v) is 10.3. The molecule has 0 unspecified atom stereocenters. The van der Waals surface area contributed by atoms with Crippen LogP contribution >= 0.6 is 0 Å². The van der Waals surface area contributed by atoms with E-state index in [9.17, 15) is 13.6 Å². The molecule has 4 nitrogen and oxygen atoms in total. The summed E-state index contributed by atoms with van der Waals surface area (Å²) >= 11 is 0. The zero-order valence-electron chi connectivity index (χ0n) is 10.3. The second kappa shape index (κ2) is 4.80. The molecule has 0 saturated carbocycles. The van der Waals surface area contributed by atoms with E-state index >= 15 is 0 Å². The highest BCUT2D eigenvalue weighted by atomic mass is 19.1. The number of H-pyrrole nitrogens is 2. The van der Waals surface area contributed by atoms with Crippen LogP contribution < -0.4 is 11.0 Å². The maximum Gasteiger partial charge on any atom is 0.323 e. The van der Waals surface area contributed by atoms with Crippen molar-refractivity contribution >= 4 is 16.7 Å². The summed E-state index contributed by atoms with van der Waals surface area (Å²) in [5.74, 6) is -0.941. The van der Waals surface area contributed by atoms with E-state index in [0.29, 0.717) is 16.7 Å². The third kappa shape index (κ3) is 2.40. The van der Waals surface area contributed by atoms with Gasteiger partial charge in [-0.25, -0.2) is 13.6 Å². The fourth-order valence-corrected chi connectivity index (χ4v) is 2.02. The number of halogens is 2. The van der Waals surface area contributed by atoms with Crippen molar-refractivity contribution in [1.82, 2.24) is 9.97 Å². The molecule has 3 aromatic rings. The van der Waals surface area contributed by atoms with Gasteiger partial charge in [0.25, 0.3) is 0 Å². The number of rotatable bonds is 3. The third-order valence-electron chi connectivity index (χ3n) is 3.01. The molecule has 0 saturated heterocycles. The topological polar surface area (TPSA) is 60.7 Å². The molecule has 0 amide bonds. The van der Waals surface area contributed by atoms with Crippen molar-refractivity contribution in [3.05, 3.63) is 64.1 Å². The first-order chi connectivity index (χ1) is 9.61. The summed E-state index contributed by atoms with van der Waals surface area (Å²) in [4.78, 5) is 16.4. The van der Waals surface area contributed by atoms with Crippen LogP contribution in [0.25, 0.3) is 11.0 Å². The fourth-order valence-electron chi connectivity index (χ4n) is 2.02. The van der Waals surface area contributed by atoms with Crippen LogP contribution in [-0.4, -0.2) is 9.97 Å². The smallest absolute Gasteiger partial charge is 0.323 e. The van der Waals surface area contributed by atoms with Crippen LogP contribution in [0.5, 0.6) is 0 Å². The summed E-state index contributed by atoms with van der Waals surface area (Å²) in [6, 6.07) is 8.54. The molecular weight excluding hydrogens is 264 g/mol. The van der Waals surface area contributed by atoms with Crippen LogP contribution in [0.2, 0.25) is 0 Å². The Hall–Kier alpha value is -2.63. The molecule has 0 fully saturated rings. The molecule has 0 aliphatic carbocycles. The van der Waals surface area contributed by atoms with Crippen LogP contribution in [0.1, 0.15) is 5.56 Å². The Morgan fingerprint density at radius 3 is 2.65 bits per heavy atom. The first-order valence-corrected chi connectivity index (χ1v) is 6.02.